The van der Waals surface area contributed by atoms with Crippen LogP contribution in [0.1, 0.15) is 55.3 Å². The number of benzene rings is 2. The lowest BCUT2D eigenvalue weighted by molar-refractivity contribution is -0.136. The minimum atomic E-state index is -0.134. The van der Waals surface area contributed by atoms with Crippen LogP contribution in [0, 0.1) is 0 Å². The largest absolute Gasteiger partial charge is 0.486 e. The van der Waals surface area contributed by atoms with Crippen LogP contribution in [-0.2, 0) is 21.4 Å². The zero-order valence-electron chi connectivity index (χ0n) is 18.6. The molecule has 2 aliphatic heterocycles. The molecular formula is C26H30N2O4. The summed E-state index contributed by atoms with van der Waals surface area (Å²) in [5.74, 6) is 1.41. The SMILES string of the molecule is CC1c2cc3c(cc2C2(CCCC2)CN1C(=O)CNC(=O)Cc1ccccc1)OCCO3. The Morgan fingerprint density at radius 2 is 1.75 bits per heavy atom. The van der Waals surface area contributed by atoms with Gasteiger partial charge in [0.25, 0.3) is 0 Å². The first-order valence-electron chi connectivity index (χ1n) is 11.6. The smallest absolute Gasteiger partial charge is 0.242 e. The van der Waals surface area contributed by atoms with Crippen molar-refractivity contribution < 1.29 is 19.1 Å². The Bertz CT molecular complexity index is 1010. The van der Waals surface area contributed by atoms with Gasteiger partial charge in [-0.05, 0) is 48.6 Å². The summed E-state index contributed by atoms with van der Waals surface area (Å²) >= 11 is 0. The van der Waals surface area contributed by atoms with Gasteiger partial charge in [-0.15, -0.1) is 0 Å². The number of fused-ring (bicyclic) bond motifs is 3. The van der Waals surface area contributed by atoms with Gasteiger partial charge in [0.2, 0.25) is 11.8 Å². The van der Waals surface area contributed by atoms with E-state index in [1.807, 2.05) is 35.2 Å². The molecule has 1 fully saturated rings. The molecular weight excluding hydrogens is 404 g/mol. The first-order valence-corrected chi connectivity index (χ1v) is 11.6. The number of hydrogen-bond acceptors (Lipinski definition) is 4. The van der Waals surface area contributed by atoms with Gasteiger partial charge in [-0.25, -0.2) is 0 Å². The van der Waals surface area contributed by atoms with Crippen molar-refractivity contribution in [2.24, 2.45) is 0 Å². The Hall–Kier alpha value is -3.02. The fourth-order valence-corrected chi connectivity index (χ4v) is 5.53. The molecule has 0 radical (unpaired) electrons. The summed E-state index contributed by atoms with van der Waals surface area (Å²) in [4.78, 5) is 27.6. The highest BCUT2D eigenvalue weighted by Crippen LogP contribution is 2.51. The molecule has 6 nitrogen and oxygen atoms in total. The molecule has 6 heteroatoms. The summed E-state index contributed by atoms with van der Waals surface area (Å²) in [6, 6.07) is 13.7. The van der Waals surface area contributed by atoms with Crippen LogP contribution in [0.4, 0.5) is 0 Å². The highest BCUT2D eigenvalue weighted by Gasteiger charge is 2.46. The third-order valence-electron chi connectivity index (χ3n) is 7.20. The molecule has 168 valence electrons. The van der Waals surface area contributed by atoms with E-state index in [4.69, 9.17) is 9.47 Å². The van der Waals surface area contributed by atoms with Gasteiger partial charge in [0.05, 0.1) is 19.0 Å². The Kier molecular flexibility index (Phi) is 5.53. The molecule has 2 amide bonds. The number of hydrogen-bond donors (Lipinski definition) is 1. The monoisotopic (exact) mass is 434 g/mol. The molecule has 1 atom stereocenters. The fourth-order valence-electron chi connectivity index (χ4n) is 5.53. The molecule has 1 unspecified atom stereocenters. The van der Waals surface area contributed by atoms with Crippen molar-refractivity contribution >= 4 is 11.8 Å². The molecule has 5 rings (SSSR count). The zero-order chi connectivity index (χ0) is 22.1. The van der Waals surface area contributed by atoms with E-state index in [2.05, 4.69) is 24.4 Å². The van der Waals surface area contributed by atoms with Gasteiger partial charge in [0, 0.05) is 12.0 Å². The maximum absolute atomic E-state index is 13.3. The number of nitrogens with one attached hydrogen (secondary N) is 1. The van der Waals surface area contributed by atoms with E-state index >= 15 is 0 Å². The van der Waals surface area contributed by atoms with Crippen LogP contribution in [-0.4, -0.2) is 43.0 Å². The first kappa shape index (κ1) is 20.9. The van der Waals surface area contributed by atoms with Crippen molar-refractivity contribution in [1.29, 1.82) is 0 Å². The summed E-state index contributed by atoms with van der Waals surface area (Å²) in [6.07, 6.45) is 4.74. The lowest BCUT2D eigenvalue weighted by Gasteiger charge is -2.46. The van der Waals surface area contributed by atoms with E-state index in [-0.39, 0.29) is 36.2 Å². The van der Waals surface area contributed by atoms with E-state index < -0.39 is 0 Å². The Morgan fingerprint density at radius 3 is 2.47 bits per heavy atom. The van der Waals surface area contributed by atoms with Gasteiger partial charge in [-0.2, -0.15) is 0 Å². The molecule has 2 aromatic rings. The van der Waals surface area contributed by atoms with Crippen LogP contribution in [0.25, 0.3) is 0 Å². The first-order chi connectivity index (χ1) is 15.6. The Labute approximate surface area is 188 Å². The third kappa shape index (κ3) is 3.83. The second-order valence-corrected chi connectivity index (χ2v) is 9.21. The van der Waals surface area contributed by atoms with Crippen LogP contribution in [0.2, 0.25) is 0 Å². The zero-order valence-corrected chi connectivity index (χ0v) is 18.6. The average molecular weight is 435 g/mol. The van der Waals surface area contributed by atoms with Crippen LogP contribution >= 0.6 is 0 Å². The molecule has 1 N–H and O–H groups in total. The Morgan fingerprint density at radius 1 is 1.06 bits per heavy atom. The van der Waals surface area contributed by atoms with Gasteiger partial charge in [0.15, 0.2) is 11.5 Å². The third-order valence-corrected chi connectivity index (χ3v) is 7.20. The maximum atomic E-state index is 13.3. The number of carbonyl (C=O) groups is 2. The second-order valence-electron chi connectivity index (χ2n) is 9.21. The molecule has 2 aromatic carbocycles. The molecule has 1 aliphatic carbocycles. The standard InChI is InChI=1S/C26H30N2O4/c1-18-20-14-22-23(32-12-11-31-22)15-21(20)26(9-5-6-10-26)17-28(18)25(30)16-27-24(29)13-19-7-3-2-4-8-19/h2-4,7-8,14-15,18H,5-6,9-13,16-17H2,1H3,(H,27,29). The molecule has 0 aromatic heterocycles. The minimum Gasteiger partial charge on any atom is -0.486 e. The molecule has 1 spiro atoms. The molecule has 0 saturated heterocycles. The quantitative estimate of drug-likeness (QED) is 0.799. The molecule has 1 saturated carbocycles. The van der Waals surface area contributed by atoms with Crippen molar-refractivity contribution in [3.8, 4) is 11.5 Å². The molecule has 0 bridgehead atoms. The summed E-state index contributed by atoms with van der Waals surface area (Å²) in [5.41, 5.74) is 3.35. The predicted octanol–water partition coefficient (Wildman–Crippen LogP) is 3.53. The number of rotatable bonds is 4. The van der Waals surface area contributed by atoms with Crippen LogP contribution in [0.15, 0.2) is 42.5 Å². The number of ether oxygens (including phenoxy) is 2. The van der Waals surface area contributed by atoms with E-state index in [1.165, 1.54) is 5.56 Å². The summed E-state index contributed by atoms with van der Waals surface area (Å²) < 4.78 is 11.7. The summed E-state index contributed by atoms with van der Waals surface area (Å²) in [7, 11) is 0. The van der Waals surface area contributed by atoms with Crippen LogP contribution < -0.4 is 14.8 Å². The van der Waals surface area contributed by atoms with Crippen molar-refractivity contribution in [1.82, 2.24) is 10.2 Å². The van der Waals surface area contributed by atoms with Crippen molar-refractivity contribution in [3.05, 3.63) is 59.2 Å². The Balaban J connectivity index is 1.35. The normalized spacial score (nSPS) is 20.7. The van der Waals surface area contributed by atoms with Crippen LogP contribution in [0.3, 0.4) is 0 Å². The van der Waals surface area contributed by atoms with Gasteiger partial charge in [0.1, 0.15) is 13.2 Å². The number of carbonyl (C=O) groups excluding carboxylic acids is 2. The van der Waals surface area contributed by atoms with E-state index in [0.717, 1.165) is 48.3 Å². The maximum Gasteiger partial charge on any atom is 0.242 e. The number of nitrogens with zero attached hydrogens (tertiary/aromatic N) is 1. The van der Waals surface area contributed by atoms with Gasteiger partial charge in [-0.1, -0.05) is 43.2 Å². The average Bonchev–Trinajstić information content (AvgIpc) is 3.29. The number of amides is 2. The van der Waals surface area contributed by atoms with E-state index in [0.29, 0.717) is 19.8 Å². The lowest BCUT2D eigenvalue weighted by atomic mass is 9.71. The second kappa shape index (κ2) is 8.49. The summed E-state index contributed by atoms with van der Waals surface area (Å²) in [6.45, 7) is 3.89. The predicted molar refractivity (Wildman–Crippen MR) is 121 cm³/mol. The van der Waals surface area contributed by atoms with Crippen LogP contribution in [0.5, 0.6) is 11.5 Å². The lowest BCUT2D eigenvalue weighted by Crippen LogP contribution is -2.51. The van der Waals surface area contributed by atoms with Crippen molar-refractivity contribution in [3.63, 3.8) is 0 Å². The highest BCUT2D eigenvalue weighted by molar-refractivity contribution is 5.86. The summed E-state index contributed by atoms with van der Waals surface area (Å²) in [5, 5.41) is 2.83. The van der Waals surface area contributed by atoms with Gasteiger partial charge >= 0.3 is 0 Å². The highest BCUT2D eigenvalue weighted by atomic mass is 16.6. The van der Waals surface area contributed by atoms with Crippen molar-refractivity contribution in [2.75, 3.05) is 26.3 Å². The van der Waals surface area contributed by atoms with E-state index in [1.54, 1.807) is 0 Å². The minimum absolute atomic E-state index is 0.0198. The molecule has 3 aliphatic rings. The van der Waals surface area contributed by atoms with Crippen molar-refractivity contribution in [2.45, 2.75) is 50.5 Å². The molecule has 32 heavy (non-hydrogen) atoms. The molecule has 2 heterocycles. The topological polar surface area (TPSA) is 67.9 Å². The van der Waals surface area contributed by atoms with Gasteiger partial charge < -0.3 is 19.7 Å². The van der Waals surface area contributed by atoms with Gasteiger partial charge in [-0.3, -0.25) is 9.59 Å². The fraction of sp³-hybridized carbons (Fsp3) is 0.462. The van der Waals surface area contributed by atoms with E-state index in [9.17, 15) is 9.59 Å².